The molecule has 1 unspecified atom stereocenters. The van der Waals surface area contributed by atoms with Crippen LogP contribution in [0.15, 0.2) is 24.3 Å². The Morgan fingerprint density at radius 3 is 2.27 bits per heavy atom. The van der Waals surface area contributed by atoms with Crippen molar-refractivity contribution in [1.29, 1.82) is 5.26 Å². The Balaban J connectivity index is 2.75. The van der Waals surface area contributed by atoms with Gasteiger partial charge in [0, 0.05) is 20.0 Å². The maximum absolute atomic E-state index is 13.0. The molecule has 6 heteroatoms. The number of alkyl carbamates (subject to hydrolysis) is 1. The summed E-state index contributed by atoms with van der Waals surface area (Å²) in [5.74, 6) is -0.140. The molecule has 0 spiro atoms. The third-order valence-corrected chi connectivity index (χ3v) is 4.74. The molecule has 0 aliphatic rings. The second-order valence-corrected chi connectivity index (χ2v) is 8.74. The Kier molecular flexibility index (Phi) is 11.0. The molecule has 0 bridgehead atoms. The average molecular weight is 416 g/mol. The van der Waals surface area contributed by atoms with Gasteiger partial charge in [-0.25, -0.2) is 4.79 Å². The molecule has 0 aliphatic carbocycles. The first-order chi connectivity index (χ1) is 14.2. The van der Waals surface area contributed by atoms with Gasteiger partial charge in [-0.3, -0.25) is 4.79 Å². The monoisotopic (exact) mass is 415 g/mol. The van der Waals surface area contributed by atoms with E-state index >= 15 is 0 Å². The van der Waals surface area contributed by atoms with Crippen LogP contribution in [-0.2, 0) is 16.0 Å². The topological polar surface area (TPSA) is 82.4 Å². The van der Waals surface area contributed by atoms with E-state index in [4.69, 9.17) is 10.00 Å². The quantitative estimate of drug-likeness (QED) is 0.526. The molecule has 30 heavy (non-hydrogen) atoms. The number of nitrogens with one attached hydrogen (secondary N) is 1. The van der Waals surface area contributed by atoms with Gasteiger partial charge in [0.1, 0.15) is 11.6 Å². The predicted octanol–water partition coefficient (Wildman–Crippen LogP) is 4.81. The summed E-state index contributed by atoms with van der Waals surface area (Å²) in [6, 6.07) is 8.40. The summed E-state index contributed by atoms with van der Waals surface area (Å²) < 4.78 is 5.34. The van der Waals surface area contributed by atoms with Gasteiger partial charge >= 0.3 is 6.09 Å². The van der Waals surface area contributed by atoms with Crippen molar-refractivity contribution in [3.05, 3.63) is 35.4 Å². The van der Waals surface area contributed by atoms with Crippen LogP contribution in [0.5, 0.6) is 0 Å². The normalized spacial score (nSPS) is 12.0. The first-order valence-corrected chi connectivity index (χ1v) is 10.9. The van der Waals surface area contributed by atoms with Crippen molar-refractivity contribution in [3.63, 3.8) is 0 Å². The van der Waals surface area contributed by atoms with Gasteiger partial charge in [-0.15, -0.1) is 0 Å². The van der Waals surface area contributed by atoms with Crippen molar-refractivity contribution in [2.24, 2.45) is 0 Å². The smallest absolute Gasteiger partial charge is 0.408 e. The molecule has 0 aromatic heterocycles. The first-order valence-electron chi connectivity index (χ1n) is 10.9. The summed E-state index contributed by atoms with van der Waals surface area (Å²) in [5.41, 5.74) is 0.787. The fourth-order valence-electron chi connectivity index (χ4n) is 3.11. The number of hydrogen-bond donors (Lipinski definition) is 1. The molecule has 166 valence electrons. The Morgan fingerprint density at radius 2 is 1.70 bits per heavy atom. The summed E-state index contributed by atoms with van der Waals surface area (Å²) in [5, 5.41) is 11.7. The zero-order chi connectivity index (χ0) is 22.6. The molecule has 6 nitrogen and oxygen atoms in total. The van der Waals surface area contributed by atoms with Crippen LogP contribution in [0.4, 0.5) is 4.79 Å². The summed E-state index contributed by atoms with van der Waals surface area (Å²) in [6.45, 7) is 8.21. The van der Waals surface area contributed by atoms with Crippen LogP contribution >= 0.6 is 0 Å². The number of amides is 2. The molecule has 1 aromatic carbocycles. The third kappa shape index (κ3) is 10.3. The summed E-state index contributed by atoms with van der Waals surface area (Å²) in [4.78, 5) is 27.0. The van der Waals surface area contributed by atoms with E-state index in [1.54, 1.807) is 44.9 Å². The molecule has 0 saturated carbocycles. The first kappa shape index (κ1) is 25.5. The lowest BCUT2D eigenvalue weighted by molar-refractivity contribution is -0.132. The number of likely N-dealkylation sites (N-methyl/N-ethyl adjacent to an activating group) is 1. The molecule has 1 rings (SSSR count). The number of carbonyl (C=O) groups excluding carboxylic acids is 2. The van der Waals surface area contributed by atoms with Crippen LogP contribution in [-0.4, -0.2) is 42.1 Å². The fraction of sp³-hybridized carbons (Fsp3) is 0.625. The zero-order valence-corrected chi connectivity index (χ0v) is 19.2. The van der Waals surface area contributed by atoms with Crippen LogP contribution in [0.2, 0.25) is 0 Å². The lowest BCUT2D eigenvalue weighted by Crippen LogP contribution is -2.50. The number of rotatable bonds is 11. The van der Waals surface area contributed by atoms with Crippen molar-refractivity contribution in [2.75, 3.05) is 13.6 Å². The standard InChI is InChI=1S/C24H37N3O3/c1-6-7-8-9-10-11-16-27(5)22(28)21(26-23(29)30-24(2,3)4)17-19-12-14-20(18-25)15-13-19/h12-15,21H,6-11,16-17H2,1-5H3,(H,26,29). The number of nitriles is 1. The minimum absolute atomic E-state index is 0.140. The highest BCUT2D eigenvalue weighted by atomic mass is 16.6. The highest BCUT2D eigenvalue weighted by molar-refractivity contribution is 5.85. The number of carbonyl (C=O) groups is 2. The van der Waals surface area contributed by atoms with Gasteiger partial charge in [0.05, 0.1) is 11.6 Å². The van der Waals surface area contributed by atoms with E-state index in [1.807, 2.05) is 12.1 Å². The van der Waals surface area contributed by atoms with E-state index in [0.717, 1.165) is 18.4 Å². The largest absolute Gasteiger partial charge is 0.444 e. The van der Waals surface area contributed by atoms with Crippen LogP contribution in [0, 0.1) is 11.3 Å². The van der Waals surface area contributed by atoms with Gasteiger partial charge in [-0.2, -0.15) is 5.26 Å². The van der Waals surface area contributed by atoms with E-state index in [9.17, 15) is 9.59 Å². The Labute approximate surface area is 181 Å². The molecule has 2 amide bonds. The number of ether oxygens (including phenoxy) is 1. The SMILES string of the molecule is CCCCCCCCN(C)C(=O)C(Cc1ccc(C#N)cc1)NC(=O)OC(C)(C)C. The van der Waals surface area contributed by atoms with Crippen LogP contribution in [0.1, 0.15) is 77.3 Å². The van der Waals surface area contributed by atoms with E-state index in [2.05, 4.69) is 18.3 Å². The van der Waals surface area contributed by atoms with Crippen molar-refractivity contribution >= 4 is 12.0 Å². The van der Waals surface area contributed by atoms with Crippen molar-refractivity contribution in [1.82, 2.24) is 10.2 Å². The van der Waals surface area contributed by atoms with Gasteiger partial charge in [-0.1, -0.05) is 51.2 Å². The van der Waals surface area contributed by atoms with Crippen molar-refractivity contribution in [3.8, 4) is 6.07 Å². The maximum atomic E-state index is 13.0. The zero-order valence-electron chi connectivity index (χ0n) is 19.2. The summed E-state index contributed by atoms with van der Waals surface area (Å²) in [7, 11) is 1.77. The van der Waals surface area contributed by atoms with Gasteiger partial charge in [-0.05, 0) is 44.9 Å². The maximum Gasteiger partial charge on any atom is 0.408 e. The fourth-order valence-corrected chi connectivity index (χ4v) is 3.11. The van der Waals surface area contributed by atoms with Crippen molar-refractivity contribution < 1.29 is 14.3 Å². The van der Waals surface area contributed by atoms with Gasteiger partial charge in [0.25, 0.3) is 0 Å². The van der Waals surface area contributed by atoms with E-state index in [1.165, 1.54) is 25.7 Å². The van der Waals surface area contributed by atoms with E-state index in [0.29, 0.717) is 18.5 Å². The number of unbranched alkanes of at least 4 members (excludes halogenated alkanes) is 5. The Bertz CT molecular complexity index is 702. The minimum atomic E-state index is -0.724. The molecule has 0 aliphatic heterocycles. The van der Waals surface area contributed by atoms with E-state index in [-0.39, 0.29) is 5.91 Å². The minimum Gasteiger partial charge on any atom is -0.444 e. The number of benzene rings is 1. The second kappa shape index (κ2) is 12.9. The van der Waals surface area contributed by atoms with Crippen LogP contribution < -0.4 is 5.32 Å². The molecule has 0 fully saturated rings. The molecule has 0 heterocycles. The molecule has 1 aromatic rings. The van der Waals surface area contributed by atoms with Gasteiger partial charge < -0.3 is 15.0 Å². The molecule has 1 atom stereocenters. The second-order valence-electron chi connectivity index (χ2n) is 8.74. The van der Waals surface area contributed by atoms with Crippen LogP contribution in [0.3, 0.4) is 0 Å². The summed E-state index contributed by atoms with van der Waals surface area (Å²) >= 11 is 0. The summed E-state index contributed by atoms with van der Waals surface area (Å²) in [6.07, 6.45) is 6.65. The van der Waals surface area contributed by atoms with E-state index < -0.39 is 17.7 Å². The highest BCUT2D eigenvalue weighted by Crippen LogP contribution is 2.12. The number of hydrogen-bond acceptors (Lipinski definition) is 4. The van der Waals surface area contributed by atoms with Gasteiger partial charge in [0.15, 0.2) is 0 Å². The molecule has 0 radical (unpaired) electrons. The van der Waals surface area contributed by atoms with Gasteiger partial charge in [0.2, 0.25) is 5.91 Å². The lowest BCUT2D eigenvalue weighted by atomic mass is 10.0. The lowest BCUT2D eigenvalue weighted by Gasteiger charge is -2.26. The van der Waals surface area contributed by atoms with Crippen LogP contribution in [0.25, 0.3) is 0 Å². The predicted molar refractivity (Wildman–Crippen MR) is 119 cm³/mol. The Morgan fingerprint density at radius 1 is 1.10 bits per heavy atom. The third-order valence-electron chi connectivity index (χ3n) is 4.74. The van der Waals surface area contributed by atoms with Crippen molar-refractivity contribution in [2.45, 2.75) is 84.3 Å². The molecule has 0 saturated heterocycles. The molecule has 1 N–H and O–H groups in total. The molecular weight excluding hydrogens is 378 g/mol. The average Bonchev–Trinajstić information content (AvgIpc) is 2.68. The Hall–Kier alpha value is -2.55. The number of nitrogens with zero attached hydrogens (tertiary/aromatic N) is 2. The molecular formula is C24H37N3O3. The highest BCUT2D eigenvalue weighted by Gasteiger charge is 2.26.